The predicted octanol–water partition coefficient (Wildman–Crippen LogP) is 0.634. The van der Waals surface area contributed by atoms with Crippen LogP contribution in [0.15, 0.2) is 0 Å². The summed E-state index contributed by atoms with van der Waals surface area (Å²) in [4.78, 5) is 0. The van der Waals surface area contributed by atoms with E-state index in [1.807, 2.05) is 0 Å². The summed E-state index contributed by atoms with van der Waals surface area (Å²) in [5.41, 5.74) is 0. The Hall–Kier alpha value is -0.343. The molecule has 0 radical (unpaired) electrons. The number of hydrogen-bond acceptors (Lipinski definition) is 0. The van der Waals surface area contributed by atoms with Crippen LogP contribution in [0.4, 0.5) is 36.4 Å². The van der Waals surface area contributed by atoms with Gasteiger partial charge in [-0.25, -0.2) is 0 Å². The third kappa shape index (κ3) is 2880. The Morgan fingerprint density at radius 2 is 0.600 bits per heavy atom. The van der Waals surface area contributed by atoms with E-state index in [0.717, 1.165) is 0 Å². The van der Waals surface area contributed by atoms with Crippen LogP contribution in [-0.4, -0.2) is 17.4 Å². The number of alkyl halides is 4. The van der Waals surface area contributed by atoms with Crippen LogP contribution in [0.1, 0.15) is 0 Å². The Labute approximate surface area is 55.1 Å². The fourth-order valence-electron chi connectivity index (χ4n) is 0. The van der Waals surface area contributed by atoms with Gasteiger partial charge in [0.25, 0.3) is 0 Å². The van der Waals surface area contributed by atoms with Crippen molar-refractivity contribution in [2.45, 2.75) is 6.43 Å². The number of hydrogen-bond donors (Lipinski definition) is 0. The molecule has 0 nitrogen and oxygen atoms in total. The largest absolute Gasteiger partial charge is 0.559 e. The lowest BCUT2D eigenvalue weighted by molar-refractivity contribution is -0.237. The van der Waals surface area contributed by atoms with E-state index in [4.69, 9.17) is 0 Å². The van der Waals surface area contributed by atoms with Crippen LogP contribution in [0.25, 0.3) is 0 Å². The van der Waals surface area contributed by atoms with Crippen LogP contribution in [0.5, 0.6) is 0 Å². The first-order valence-electron chi connectivity index (χ1n) is 0.756. The van der Waals surface area contributed by atoms with Crippen LogP contribution in [0.3, 0.4) is 0 Å². The third-order valence-corrected chi connectivity index (χ3v) is 0. The fourth-order valence-corrected chi connectivity index (χ4v) is 0. The first-order valence-corrected chi connectivity index (χ1v) is 0.756. The quantitative estimate of drug-likeness (QED) is 0.397. The minimum Gasteiger partial charge on any atom is -0.269 e. The van der Waals surface area contributed by atoms with Crippen molar-refractivity contribution in [3.8, 4) is 0 Å². The van der Waals surface area contributed by atoms with Gasteiger partial charge in [0.2, 0.25) is 0 Å². The van der Waals surface area contributed by atoms with E-state index in [2.05, 4.69) is 0 Å². The van der Waals surface area contributed by atoms with Crippen LogP contribution >= 0.6 is 0 Å². The van der Waals surface area contributed by atoms with Gasteiger partial charge in [-0.2, -0.15) is 0 Å². The lowest BCUT2D eigenvalue weighted by Crippen LogP contribution is -1.92. The standard InChI is InChI=1S/CF4.4FH.H4Si/c2-1(3,4)5;;;;;/h;4*1H;1H4. The number of halogens is 8. The fraction of sp³-hybridized carbons (Fsp3) is 1.00. The van der Waals surface area contributed by atoms with Gasteiger partial charge in [-0.1, -0.05) is 0 Å². The zero-order chi connectivity index (χ0) is 4.50. The Morgan fingerprint density at radius 3 is 0.600 bits per heavy atom. The second-order valence-electron chi connectivity index (χ2n) is 0.429. The van der Waals surface area contributed by atoms with E-state index < -0.39 is 6.43 Å². The van der Waals surface area contributed by atoms with E-state index in [0.29, 0.717) is 0 Å². The minimum absolute atomic E-state index is 0. The normalized spacial score (nSPS) is 6.00. The minimum atomic E-state index is -5.50. The second kappa shape index (κ2) is 15.9. The molecule has 0 aromatic rings. The monoisotopic (exact) mass is 200 g/mol. The SMILES string of the molecule is F.F.F.F.FC(F)(F)F.[SiH4]. The van der Waals surface area contributed by atoms with Gasteiger partial charge in [-0.3, -0.25) is 18.8 Å². The van der Waals surface area contributed by atoms with E-state index in [1.54, 1.807) is 0 Å². The maximum Gasteiger partial charge on any atom is 0.559 e. The molecule has 0 fully saturated rings. The lowest BCUT2D eigenvalue weighted by atomic mass is 11.5. The molecule has 0 rings (SSSR count). The van der Waals surface area contributed by atoms with Gasteiger partial charge in [0.05, 0.1) is 0 Å². The smallest absolute Gasteiger partial charge is 0.269 e. The van der Waals surface area contributed by atoms with Gasteiger partial charge < -0.3 is 0 Å². The second-order valence-corrected chi connectivity index (χ2v) is 0.429. The van der Waals surface area contributed by atoms with Crippen LogP contribution < -0.4 is 0 Å². The highest BCUT2D eigenvalue weighted by Gasteiger charge is 2.24. The molecular weight excluding hydrogens is 192 g/mol. The molecule has 0 spiro atoms. The molecule has 9 heteroatoms. The first kappa shape index (κ1) is 54.1. The maximum absolute atomic E-state index is 9.69. The highest BCUT2D eigenvalue weighted by molar-refractivity contribution is 5.75. The van der Waals surface area contributed by atoms with Crippen molar-refractivity contribution >= 4 is 11.0 Å². The molecule has 0 aromatic carbocycles. The lowest BCUT2D eigenvalue weighted by Gasteiger charge is -1.82. The van der Waals surface area contributed by atoms with Gasteiger partial charge in [0.1, 0.15) is 0 Å². The predicted molar refractivity (Wildman–Crippen MR) is 28.5 cm³/mol. The summed E-state index contributed by atoms with van der Waals surface area (Å²) in [5, 5.41) is 0. The molecule has 0 aliphatic rings. The van der Waals surface area contributed by atoms with Crippen molar-refractivity contribution in [3.05, 3.63) is 0 Å². The summed E-state index contributed by atoms with van der Waals surface area (Å²) in [7, 11) is 0. The Balaban J connectivity index is -0.00000000800. The van der Waals surface area contributed by atoms with Crippen molar-refractivity contribution < 1.29 is 36.4 Å². The zero-order valence-electron chi connectivity index (χ0n) is 3.64. The maximum atomic E-state index is 9.69. The topological polar surface area (TPSA) is 0 Å². The molecule has 0 saturated heterocycles. The van der Waals surface area contributed by atoms with Gasteiger partial charge in [0.15, 0.2) is 0 Å². The number of rotatable bonds is 0. The summed E-state index contributed by atoms with van der Waals surface area (Å²) in [5.74, 6) is 0. The molecule has 0 N–H and O–H groups in total. The Bertz CT molecular complexity index is 24.7. The van der Waals surface area contributed by atoms with E-state index in [-0.39, 0.29) is 29.8 Å². The van der Waals surface area contributed by atoms with Crippen LogP contribution in [-0.2, 0) is 0 Å². The molecule has 0 aliphatic heterocycles. The van der Waals surface area contributed by atoms with Crippen molar-refractivity contribution in [1.82, 2.24) is 0 Å². The van der Waals surface area contributed by atoms with Crippen molar-refractivity contribution in [2.24, 2.45) is 0 Å². The van der Waals surface area contributed by atoms with Gasteiger partial charge in [-0.05, 0) is 11.0 Å². The molecule has 0 heterocycles. The van der Waals surface area contributed by atoms with E-state index >= 15 is 0 Å². The molecule has 0 saturated carbocycles. The van der Waals surface area contributed by atoms with Gasteiger partial charge in [0, 0.05) is 0 Å². The molecule has 0 bridgehead atoms. The van der Waals surface area contributed by atoms with Crippen molar-refractivity contribution in [2.75, 3.05) is 0 Å². The molecule has 0 unspecified atom stereocenters. The molecule has 10 heavy (non-hydrogen) atoms. The summed E-state index contributed by atoms with van der Waals surface area (Å²) in [6, 6.07) is 0. The summed E-state index contributed by atoms with van der Waals surface area (Å²) in [6.45, 7) is 0. The zero-order valence-corrected chi connectivity index (χ0v) is 3.64. The summed E-state index contributed by atoms with van der Waals surface area (Å²) in [6.07, 6.45) is -5.50. The molecule has 0 amide bonds. The van der Waals surface area contributed by atoms with Crippen LogP contribution in [0.2, 0.25) is 0 Å². The highest BCUT2D eigenvalue weighted by Crippen LogP contribution is 2.13. The third-order valence-electron chi connectivity index (χ3n) is 0. The first-order chi connectivity index (χ1) is 2.00. The molecule has 0 aliphatic carbocycles. The molecule has 0 atom stereocenters. The van der Waals surface area contributed by atoms with Crippen LogP contribution in [0, 0.1) is 0 Å². The van der Waals surface area contributed by atoms with E-state index in [9.17, 15) is 17.6 Å². The summed E-state index contributed by atoms with van der Waals surface area (Å²) >= 11 is 0. The van der Waals surface area contributed by atoms with Crippen molar-refractivity contribution in [1.29, 1.82) is 0 Å². The summed E-state index contributed by atoms with van der Waals surface area (Å²) < 4.78 is 38.8. The average Bonchev–Trinajstić information content (AvgIpc) is 0.722. The Morgan fingerprint density at radius 1 is 0.600 bits per heavy atom. The molecular formula is CH8F8Si. The molecule has 72 valence electrons. The van der Waals surface area contributed by atoms with E-state index in [1.165, 1.54) is 0 Å². The molecule has 0 aromatic heterocycles. The van der Waals surface area contributed by atoms with Gasteiger partial charge in [-0.15, -0.1) is 17.6 Å². The Kier molecular flexibility index (Phi) is 85.8. The van der Waals surface area contributed by atoms with Gasteiger partial charge >= 0.3 is 6.43 Å². The highest BCUT2D eigenvalue weighted by atomic mass is 28.1. The van der Waals surface area contributed by atoms with Crippen molar-refractivity contribution in [3.63, 3.8) is 0 Å². The average molecular weight is 200 g/mol.